The summed E-state index contributed by atoms with van der Waals surface area (Å²) in [5, 5.41) is 1.06. The number of benzene rings is 4. The van der Waals surface area contributed by atoms with Crippen molar-refractivity contribution in [3.63, 3.8) is 0 Å². The van der Waals surface area contributed by atoms with Gasteiger partial charge in [0.25, 0.3) is 0 Å². The molecule has 4 heteroatoms. The number of hydrogen-bond donors (Lipinski definition) is 1. The standard InChI is InChI=1S/C10H9NO2.3C6H5.Sn/c12-10(13)5-7-6-11-9-4-2-1-3-8(7)9;3*1-2-4-6-5-3-1;/h1-4,6,11H,5H2,(H,12,13);3*1-5H;/q;;;;+1/p-1. The van der Waals surface area contributed by atoms with Crippen molar-refractivity contribution in [1.29, 1.82) is 0 Å². The quantitative estimate of drug-likeness (QED) is 0.343. The van der Waals surface area contributed by atoms with Crippen molar-refractivity contribution in [2.24, 2.45) is 0 Å². The van der Waals surface area contributed by atoms with E-state index < -0.39 is 18.8 Å². The molecule has 0 radical (unpaired) electrons. The second kappa shape index (κ2) is 9.05. The van der Waals surface area contributed by atoms with E-state index in [1.807, 2.05) is 85.1 Å². The number of fused-ring (bicyclic) bond motifs is 1. The minimum atomic E-state index is -4.07. The zero-order chi connectivity index (χ0) is 21.8. The third kappa shape index (κ3) is 3.84. The first kappa shape index (κ1) is 20.6. The third-order valence-corrected chi connectivity index (χ3v) is 17.2. The number of H-pyrrole nitrogens is 1. The molecule has 0 aliphatic rings. The summed E-state index contributed by atoms with van der Waals surface area (Å²) in [5.41, 5.74) is 1.99. The molecular weight excluding hydrogens is 501 g/mol. The van der Waals surface area contributed by atoms with E-state index in [4.69, 9.17) is 3.07 Å². The fourth-order valence-electron chi connectivity index (χ4n) is 4.34. The number of hydrogen-bond acceptors (Lipinski definition) is 2. The normalized spacial score (nSPS) is 11.4. The van der Waals surface area contributed by atoms with Crippen molar-refractivity contribution in [3.05, 3.63) is 127 Å². The van der Waals surface area contributed by atoms with Gasteiger partial charge in [-0.1, -0.05) is 0 Å². The van der Waals surface area contributed by atoms with Gasteiger partial charge in [-0.3, -0.25) is 0 Å². The maximum atomic E-state index is 13.5. The second-order valence-corrected chi connectivity index (χ2v) is 17.2. The predicted octanol–water partition coefficient (Wildman–Crippen LogP) is 3.92. The van der Waals surface area contributed by atoms with Gasteiger partial charge < -0.3 is 0 Å². The summed E-state index contributed by atoms with van der Waals surface area (Å²) in [6.45, 7) is 0. The molecule has 1 heterocycles. The van der Waals surface area contributed by atoms with Crippen molar-refractivity contribution in [2.45, 2.75) is 6.42 Å². The Morgan fingerprint density at radius 2 is 1.12 bits per heavy atom. The van der Waals surface area contributed by atoms with Gasteiger partial charge in [0.05, 0.1) is 0 Å². The van der Waals surface area contributed by atoms with E-state index in [9.17, 15) is 4.79 Å². The van der Waals surface area contributed by atoms with Gasteiger partial charge in [0.1, 0.15) is 0 Å². The molecule has 0 spiro atoms. The Hall–Kier alpha value is -3.31. The Bertz CT molecular complexity index is 1230. The van der Waals surface area contributed by atoms with Crippen LogP contribution in [-0.4, -0.2) is 29.7 Å². The summed E-state index contributed by atoms with van der Waals surface area (Å²) in [6, 6.07) is 38.9. The fourth-order valence-corrected chi connectivity index (χ4v) is 15.0. The molecule has 0 atom stereocenters. The monoisotopic (exact) mass is 525 g/mol. The minimum absolute atomic E-state index is 0.192. The van der Waals surface area contributed by atoms with Crippen molar-refractivity contribution < 1.29 is 7.87 Å². The molecule has 0 aliphatic carbocycles. The molecule has 32 heavy (non-hydrogen) atoms. The Kier molecular flexibility index (Phi) is 5.82. The van der Waals surface area contributed by atoms with Crippen LogP contribution in [0.1, 0.15) is 5.56 Å². The summed E-state index contributed by atoms with van der Waals surface area (Å²) >= 11 is -4.07. The molecule has 5 rings (SSSR count). The Morgan fingerprint density at radius 1 is 0.656 bits per heavy atom. The van der Waals surface area contributed by atoms with Crippen LogP contribution in [0.5, 0.6) is 0 Å². The average molecular weight is 524 g/mol. The third-order valence-electron chi connectivity index (χ3n) is 5.82. The van der Waals surface area contributed by atoms with Gasteiger partial charge in [0.15, 0.2) is 0 Å². The molecule has 0 amide bonds. The molecule has 0 aliphatic heterocycles. The molecule has 3 nitrogen and oxygen atoms in total. The number of aromatic nitrogens is 1. The van der Waals surface area contributed by atoms with Crippen molar-refractivity contribution in [1.82, 2.24) is 4.98 Å². The molecule has 5 aromatic rings. The van der Waals surface area contributed by atoms with Gasteiger partial charge in [-0.05, 0) is 0 Å². The van der Waals surface area contributed by atoms with Gasteiger partial charge >= 0.3 is 193 Å². The first-order valence-corrected chi connectivity index (χ1v) is 16.2. The average Bonchev–Trinajstić information content (AvgIpc) is 3.27. The summed E-state index contributed by atoms with van der Waals surface area (Å²) in [7, 11) is 0. The van der Waals surface area contributed by atoms with Gasteiger partial charge in [0, 0.05) is 0 Å². The summed E-state index contributed by atoms with van der Waals surface area (Å²) in [4.78, 5) is 16.8. The number of nitrogens with one attached hydrogen (secondary N) is 1. The molecule has 1 N–H and O–H groups in total. The SMILES string of the molecule is O=C(Cc1c[nH]c2ccccc12)[O][Sn]([c]1ccccc1)([c]1ccccc1)[c]1ccccc1. The van der Waals surface area contributed by atoms with Gasteiger partial charge in [0.2, 0.25) is 0 Å². The van der Waals surface area contributed by atoms with Crippen LogP contribution in [0.2, 0.25) is 0 Å². The van der Waals surface area contributed by atoms with E-state index in [1.54, 1.807) is 0 Å². The summed E-state index contributed by atoms with van der Waals surface area (Å²) < 4.78 is 10.0. The van der Waals surface area contributed by atoms with Crippen LogP contribution in [0.25, 0.3) is 10.9 Å². The molecule has 0 saturated heterocycles. The van der Waals surface area contributed by atoms with E-state index in [0.717, 1.165) is 27.2 Å². The van der Waals surface area contributed by atoms with Crippen molar-refractivity contribution >= 4 is 46.4 Å². The number of aromatic amines is 1. The van der Waals surface area contributed by atoms with Crippen LogP contribution in [0.15, 0.2) is 121 Å². The number of para-hydroxylation sites is 1. The topological polar surface area (TPSA) is 42.1 Å². The molecule has 156 valence electrons. The molecule has 1 aromatic heterocycles. The van der Waals surface area contributed by atoms with E-state index in [-0.39, 0.29) is 12.4 Å². The van der Waals surface area contributed by atoms with E-state index >= 15 is 0 Å². The fraction of sp³-hybridized carbons (Fsp3) is 0.0357. The molecule has 0 fully saturated rings. The van der Waals surface area contributed by atoms with Crippen LogP contribution < -0.4 is 10.7 Å². The number of carbonyl (C=O) groups is 1. The van der Waals surface area contributed by atoms with Gasteiger partial charge in [-0.25, -0.2) is 0 Å². The first-order chi connectivity index (χ1) is 15.8. The van der Waals surface area contributed by atoms with Gasteiger partial charge in [-0.2, -0.15) is 0 Å². The second-order valence-electron chi connectivity index (χ2n) is 7.79. The molecular formula is C28H23NO2Sn. The first-order valence-electron chi connectivity index (χ1n) is 10.7. The van der Waals surface area contributed by atoms with Crippen molar-refractivity contribution in [3.8, 4) is 0 Å². The Balaban J connectivity index is 1.62. The van der Waals surface area contributed by atoms with E-state index in [1.165, 1.54) is 0 Å². The number of rotatable bonds is 6. The van der Waals surface area contributed by atoms with Crippen LogP contribution in [-0.2, 0) is 14.3 Å². The summed E-state index contributed by atoms with van der Waals surface area (Å²) in [5.74, 6) is -0.192. The molecule has 0 unspecified atom stereocenters. The molecule has 4 aromatic carbocycles. The van der Waals surface area contributed by atoms with Crippen LogP contribution in [0, 0.1) is 0 Å². The zero-order valence-electron chi connectivity index (χ0n) is 17.6. The van der Waals surface area contributed by atoms with Crippen molar-refractivity contribution in [2.75, 3.05) is 0 Å². The maximum absolute atomic E-state index is 13.5. The van der Waals surface area contributed by atoms with Crippen LogP contribution in [0.4, 0.5) is 0 Å². The van der Waals surface area contributed by atoms with Crippen LogP contribution in [0.3, 0.4) is 0 Å². The van der Waals surface area contributed by atoms with Gasteiger partial charge in [-0.15, -0.1) is 0 Å². The molecule has 0 saturated carbocycles. The number of carbonyl (C=O) groups excluding carboxylic acids is 1. The van der Waals surface area contributed by atoms with Crippen LogP contribution >= 0.6 is 0 Å². The Labute approximate surface area is 192 Å². The Morgan fingerprint density at radius 3 is 1.66 bits per heavy atom. The zero-order valence-corrected chi connectivity index (χ0v) is 20.4. The van der Waals surface area contributed by atoms with E-state index in [2.05, 4.69) is 41.4 Å². The predicted molar refractivity (Wildman–Crippen MR) is 132 cm³/mol. The molecule has 0 bridgehead atoms. The summed E-state index contributed by atoms with van der Waals surface area (Å²) in [6.07, 6.45) is 2.14. The van der Waals surface area contributed by atoms with E-state index in [0.29, 0.717) is 0 Å².